The van der Waals surface area contributed by atoms with Gasteiger partial charge in [0.15, 0.2) is 0 Å². The second-order valence-electron chi connectivity index (χ2n) is 6.89. The van der Waals surface area contributed by atoms with E-state index in [2.05, 4.69) is 10.6 Å². The highest BCUT2D eigenvalue weighted by molar-refractivity contribution is 5.96. The van der Waals surface area contributed by atoms with Crippen LogP contribution in [0.15, 0.2) is 18.2 Å². The zero-order valence-corrected chi connectivity index (χ0v) is 14.9. The number of alkyl halides is 3. The van der Waals surface area contributed by atoms with Crippen LogP contribution in [0.2, 0.25) is 0 Å². The molecule has 0 aromatic heterocycles. The summed E-state index contributed by atoms with van der Waals surface area (Å²) in [7, 11) is 0. The Balaban J connectivity index is 1.77. The van der Waals surface area contributed by atoms with Crippen LogP contribution < -0.4 is 15.5 Å². The van der Waals surface area contributed by atoms with Gasteiger partial charge in [0.25, 0.3) is 0 Å². The Kier molecular flexibility index (Phi) is 5.88. The smallest absolute Gasteiger partial charge is 0.370 e. The number of piperazine rings is 1. The third-order valence-electron chi connectivity index (χ3n) is 4.78. The van der Waals surface area contributed by atoms with Gasteiger partial charge in [0, 0.05) is 26.2 Å². The maximum Gasteiger partial charge on any atom is 0.416 e. The van der Waals surface area contributed by atoms with Gasteiger partial charge in [-0.2, -0.15) is 13.2 Å². The van der Waals surface area contributed by atoms with E-state index in [4.69, 9.17) is 0 Å². The Hall–Kier alpha value is -2.29. The van der Waals surface area contributed by atoms with Gasteiger partial charge in [0.1, 0.15) is 0 Å². The van der Waals surface area contributed by atoms with Crippen LogP contribution in [-0.4, -0.2) is 56.0 Å². The molecule has 0 radical (unpaired) electrons. The van der Waals surface area contributed by atoms with Crippen LogP contribution in [0.25, 0.3) is 0 Å². The minimum absolute atomic E-state index is 0.0386. The summed E-state index contributed by atoms with van der Waals surface area (Å²) in [5.74, 6) is -0.593. The normalized spacial score (nSPS) is 18.9. The van der Waals surface area contributed by atoms with Gasteiger partial charge in [-0.15, -0.1) is 0 Å². The van der Waals surface area contributed by atoms with E-state index in [1.807, 2.05) is 4.90 Å². The topological polar surface area (TPSA) is 64.7 Å². The van der Waals surface area contributed by atoms with Crippen molar-refractivity contribution in [3.8, 4) is 0 Å². The van der Waals surface area contributed by atoms with Gasteiger partial charge >= 0.3 is 6.18 Å². The highest BCUT2D eigenvalue weighted by atomic mass is 19.4. The lowest BCUT2D eigenvalue weighted by molar-refractivity contribution is -0.137. The SMILES string of the molecule is O=C1CN(CC(=O)Nc2cc(C(F)(F)F)ccc2N2CCCCC2)CCN1. The van der Waals surface area contributed by atoms with E-state index in [1.165, 1.54) is 6.07 Å². The summed E-state index contributed by atoms with van der Waals surface area (Å²) < 4.78 is 39.3. The van der Waals surface area contributed by atoms with Crippen LogP contribution in [0.5, 0.6) is 0 Å². The van der Waals surface area contributed by atoms with E-state index in [9.17, 15) is 22.8 Å². The summed E-state index contributed by atoms with van der Waals surface area (Å²) >= 11 is 0. The third kappa shape index (κ3) is 5.12. The van der Waals surface area contributed by atoms with Crippen LogP contribution in [-0.2, 0) is 15.8 Å². The summed E-state index contributed by atoms with van der Waals surface area (Å²) in [5, 5.41) is 5.30. The monoisotopic (exact) mass is 384 g/mol. The molecule has 2 fully saturated rings. The van der Waals surface area contributed by atoms with Crippen molar-refractivity contribution in [3.05, 3.63) is 23.8 Å². The van der Waals surface area contributed by atoms with Crippen molar-refractivity contribution in [3.63, 3.8) is 0 Å². The van der Waals surface area contributed by atoms with Gasteiger partial charge in [0.05, 0.1) is 30.0 Å². The van der Waals surface area contributed by atoms with Gasteiger partial charge in [-0.1, -0.05) is 0 Å². The summed E-state index contributed by atoms with van der Waals surface area (Å²) in [6.45, 7) is 2.55. The Morgan fingerprint density at radius 1 is 1.15 bits per heavy atom. The van der Waals surface area contributed by atoms with Gasteiger partial charge < -0.3 is 15.5 Å². The van der Waals surface area contributed by atoms with E-state index >= 15 is 0 Å². The van der Waals surface area contributed by atoms with Crippen molar-refractivity contribution < 1.29 is 22.8 Å². The molecule has 148 valence electrons. The molecule has 9 heteroatoms. The zero-order chi connectivity index (χ0) is 19.4. The second-order valence-corrected chi connectivity index (χ2v) is 6.89. The highest BCUT2D eigenvalue weighted by Crippen LogP contribution is 2.36. The average molecular weight is 384 g/mol. The average Bonchev–Trinajstić information content (AvgIpc) is 2.61. The fraction of sp³-hybridized carbons (Fsp3) is 0.556. The van der Waals surface area contributed by atoms with Gasteiger partial charge in [-0.3, -0.25) is 14.5 Å². The molecule has 0 atom stereocenters. The first-order valence-electron chi connectivity index (χ1n) is 9.08. The van der Waals surface area contributed by atoms with Crippen molar-refractivity contribution in [2.24, 2.45) is 0 Å². The molecule has 2 aliphatic heterocycles. The second kappa shape index (κ2) is 8.16. The molecule has 1 aromatic rings. The number of amides is 2. The predicted molar refractivity (Wildman–Crippen MR) is 95.6 cm³/mol. The van der Waals surface area contributed by atoms with E-state index < -0.39 is 17.6 Å². The fourth-order valence-electron chi connectivity index (χ4n) is 3.44. The Morgan fingerprint density at radius 2 is 1.89 bits per heavy atom. The van der Waals surface area contributed by atoms with E-state index in [-0.39, 0.29) is 24.7 Å². The molecule has 3 rings (SSSR count). The van der Waals surface area contributed by atoms with E-state index in [1.54, 1.807) is 4.90 Å². The molecule has 2 saturated heterocycles. The summed E-state index contributed by atoms with van der Waals surface area (Å²) in [6, 6.07) is 3.47. The first kappa shape index (κ1) is 19.5. The molecule has 2 aliphatic rings. The number of carbonyl (C=O) groups excluding carboxylic acids is 2. The van der Waals surface area contributed by atoms with Crippen LogP contribution in [0.1, 0.15) is 24.8 Å². The fourth-order valence-corrected chi connectivity index (χ4v) is 3.44. The predicted octanol–water partition coefficient (Wildman–Crippen LogP) is 2.07. The molecule has 2 heterocycles. The van der Waals surface area contributed by atoms with Gasteiger partial charge in [0.2, 0.25) is 11.8 Å². The van der Waals surface area contributed by atoms with Gasteiger partial charge in [-0.25, -0.2) is 0 Å². The highest BCUT2D eigenvalue weighted by Gasteiger charge is 2.32. The molecule has 0 aliphatic carbocycles. The molecule has 2 amide bonds. The van der Waals surface area contributed by atoms with Crippen LogP contribution in [0.3, 0.4) is 0 Å². The largest absolute Gasteiger partial charge is 0.416 e. The molecule has 27 heavy (non-hydrogen) atoms. The number of nitrogens with one attached hydrogen (secondary N) is 2. The number of rotatable bonds is 4. The number of hydrogen-bond donors (Lipinski definition) is 2. The Labute approximate surface area is 155 Å². The number of piperidine rings is 1. The first-order valence-corrected chi connectivity index (χ1v) is 9.08. The summed E-state index contributed by atoms with van der Waals surface area (Å²) in [6.07, 6.45) is -1.45. The summed E-state index contributed by atoms with van der Waals surface area (Å²) in [4.78, 5) is 27.5. The number of carbonyl (C=O) groups is 2. The zero-order valence-electron chi connectivity index (χ0n) is 14.9. The molecule has 0 spiro atoms. The molecule has 6 nitrogen and oxygen atoms in total. The van der Waals surface area contributed by atoms with Crippen LogP contribution >= 0.6 is 0 Å². The first-order chi connectivity index (χ1) is 12.8. The molecule has 0 unspecified atom stereocenters. The minimum Gasteiger partial charge on any atom is -0.370 e. The molecular weight excluding hydrogens is 361 g/mol. The molecular formula is C18H23F3N4O2. The van der Waals surface area contributed by atoms with E-state index in [0.717, 1.165) is 44.5 Å². The lowest BCUT2D eigenvalue weighted by Crippen LogP contribution is -2.49. The van der Waals surface area contributed by atoms with Crippen molar-refractivity contribution in [2.75, 3.05) is 49.5 Å². The van der Waals surface area contributed by atoms with Crippen molar-refractivity contribution in [1.29, 1.82) is 0 Å². The Bertz CT molecular complexity index is 702. The third-order valence-corrected chi connectivity index (χ3v) is 4.78. The van der Waals surface area contributed by atoms with Crippen LogP contribution in [0.4, 0.5) is 24.5 Å². The van der Waals surface area contributed by atoms with E-state index in [0.29, 0.717) is 18.8 Å². The van der Waals surface area contributed by atoms with Crippen molar-refractivity contribution >= 4 is 23.2 Å². The number of hydrogen-bond acceptors (Lipinski definition) is 4. The Morgan fingerprint density at radius 3 is 2.56 bits per heavy atom. The molecule has 2 N–H and O–H groups in total. The summed E-state index contributed by atoms with van der Waals surface area (Å²) in [5.41, 5.74) is -0.0264. The standard InChI is InChI=1S/C18H23F3N4O2/c19-18(20,21)13-4-5-15(25-7-2-1-3-8-25)14(10-13)23-17(27)12-24-9-6-22-16(26)11-24/h4-5,10H,1-3,6-9,11-12H2,(H,22,26)(H,23,27). The number of anilines is 2. The number of benzene rings is 1. The van der Waals surface area contributed by atoms with Crippen LogP contribution in [0, 0.1) is 0 Å². The lowest BCUT2D eigenvalue weighted by atomic mass is 10.1. The quantitative estimate of drug-likeness (QED) is 0.834. The van der Waals surface area contributed by atoms with Crippen molar-refractivity contribution in [1.82, 2.24) is 10.2 Å². The maximum atomic E-state index is 13.1. The van der Waals surface area contributed by atoms with Gasteiger partial charge in [-0.05, 0) is 37.5 Å². The minimum atomic E-state index is -4.48. The lowest BCUT2D eigenvalue weighted by Gasteiger charge is -2.31. The van der Waals surface area contributed by atoms with Crippen molar-refractivity contribution in [2.45, 2.75) is 25.4 Å². The molecule has 0 bridgehead atoms. The molecule has 0 saturated carbocycles. The molecule has 1 aromatic carbocycles. The number of nitrogens with zero attached hydrogens (tertiary/aromatic N) is 2. The number of halogens is 3. The maximum absolute atomic E-state index is 13.1.